The van der Waals surface area contributed by atoms with Crippen molar-refractivity contribution in [2.45, 2.75) is 6.54 Å². The summed E-state index contributed by atoms with van der Waals surface area (Å²) in [6, 6.07) is 9.25. The number of rotatable bonds is 4. The molecule has 2 rings (SSSR count). The van der Waals surface area contributed by atoms with E-state index in [-0.39, 0.29) is 5.69 Å². The third-order valence-corrected chi connectivity index (χ3v) is 3.31. The molecule has 6 heteroatoms. The van der Waals surface area contributed by atoms with Crippen molar-refractivity contribution in [3.05, 3.63) is 57.3 Å². The number of nitrogens with one attached hydrogen (secondary N) is 1. The topological polar surface area (TPSA) is 51.2 Å². The zero-order valence-corrected chi connectivity index (χ0v) is 13.0. The third kappa shape index (κ3) is 3.71. The van der Waals surface area contributed by atoms with Gasteiger partial charge in [-0.05, 0) is 39.7 Å². The van der Waals surface area contributed by atoms with Gasteiger partial charge in [-0.3, -0.25) is 0 Å². The summed E-state index contributed by atoms with van der Waals surface area (Å²) in [6.45, 7) is 0.555. The van der Waals surface area contributed by atoms with Crippen LogP contribution in [0.25, 0.3) is 0 Å². The summed E-state index contributed by atoms with van der Waals surface area (Å²) < 4.78 is 5.49. The number of carbonyl (C=O) groups excluding carboxylic acids is 1. The fourth-order valence-electron chi connectivity index (χ4n) is 1.63. The summed E-state index contributed by atoms with van der Waals surface area (Å²) >= 11 is 9.17. The van der Waals surface area contributed by atoms with Crippen LogP contribution in [-0.4, -0.2) is 18.1 Å². The van der Waals surface area contributed by atoms with Crippen LogP contribution in [0.1, 0.15) is 16.1 Å². The number of nitrogens with zero attached hydrogens (tertiary/aromatic N) is 1. The van der Waals surface area contributed by atoms with E-state index in [1.807, 2.05) is 24.3 Å². The van der Waals surface area contributed by atoms with Gasteiger partial charge in [0.05, 0.1) is 12.8 Å². The number of benzene rings is 1. The van der Waals surface area contributed by atoms with E-state index in [0.29, 0.717) is 17.3 Å². The van der Waals surface area contributed by atoms with Gasteiger partial charge in [0.25, 0.3) is 0 Å². The Hall–Kier alpha value is -1.59. The van der Waals surface area contributed by atoms with Crippen LogP contribution in [0.4, 0.5) is 5.69 Å². The summed E-state index contributed by atoms with van der Waals surface area (Å²) in [7, 11) is 1.33. The second-order valence-electron chi connectivity index (χ2n) is 4.02. The first-order valence-corrected chi connectivity index (χ1v) is 6.99. The second-order valence-corrected chi connectivity index (χ2v) is 5.37. The SMILES string of the molecule is COC(=O)c1ncc(Br)cc1NCc1ccc(Cl)cc1. The molecule has 104 valence electrons. The molecule has 1 aromatic carbocycles. The van der Waals surface area contributed by atoms with E-state index in [1.54, 1.807) is 12.3 Å². The van der Waals surface area contributed by atoms with Crippen LogP contribution in [0.15, 0.2) is 41.0 Å². The van der Waals surface area contributed by atoms with Crippen molar-refractivity contribution < 1.29 is 9.53 Å². The number of methoxy groups -OCH3 is 1. The van der Waals surface area contributed by atoms with E-state index >= 15 is 0 Å². The molecule has 0 spiro atoms. The molecule has 0 fully saturated rings. The number of ether oxygens (including phenoxy) is 1. The van der Waals surface area contributed by atoms with Crippen molar-refractivity contribution >= 4 is 39.2 Å². The smallest absolute Gasteiger partial charge is 0.358 e. The lowest BCUT2D eigenvalue weighted by molar-refractivity contribution is 0.0595. The van der Waals surface area contributed by atoms with Crippen molar-refractivity contribution in [1.29, 1.82) is 0 Å². The molecule has 0 amide bonds. The van der Waals surface area contributed by atoms with Gasteiger partial charge in [0.15, 0.2) is 5.69 Å². The van der Waals surface area contributed by atoms with Crippen LogP contribution in [-0.2, 0) is 11.3 Å². The Labute approximate surface area is 130 Å². The maximum Gasteiger partial charge on any atom is 0.358 e. The third-order valence-electron chi connectivity index (χ3n) is 2.63. The maximum absolute atomic E-state index is 11.6. The maximum atomic E-state index is 11.6. The van der Waals surface area contributed by atoms with Gasteiger partial charge >= 0.3 is 5.97 Å². The van der Waals surface area contributed by atoms with Gasteiger partial charge in [0, 0.05) is 22.2 Å². The monoisotopic (exact) mass is 354 g/mol. The Bertz CT molecular complexity index is 617. The molecular weight excluding hydrogens is 344 g/mol. The first kappa shape index (κ1) is 14.8. The Kier molecular flexibility index (Phi) is 4.98. The van der Waals surface area contributed by atoms with Crippen LogP contribution in [0.3, 0.4) is 0 Å². The molecule has 4 nitrogen and oxygen atoms in total. The molecule has 1 N–H and O–H groups in total. The van der Waals surface area contributed by atoms with Crippen molar-refractivity contribution in [2.75, 3.05) is 12.4 Å². The van der Waals surface area contributed by atoms with Crippen molar-refractivity contribution in [2.24, 2.45) is 0 Å². The molecule has 0 aliphatic rings. The van der Waals surface area contributed by atoms with Crippen molar-refractivity contribution in [1.82, 2.24) is 4.98 Å². The minimum Gasteiger partial charge on any atom is -0.464 e. The van der Waals surface area contributed by atoms with Crippen LogP contribution in [0.5, 0.6) is 0 Å². The predicted molar refractivity (Wildman–Crippen MR) is 82.1 cm³/mol. The second kappa shape index (κ2) is 6.72. The molecule has 2 aromatic rings. The lowest BCUT2D eigenvalue weighted by Gasteiger charge is -2.10. The highest BCUT2D eigenvalue weighted by atomic mass is 79.9. The van der Waals surface area contributed by atoms with E-state index < -0.39 is 5.97 Å². The number of esters is 1. The van der Waals surface area contributed by atoms with Crippen LogP contribution >= 0.6 is 27.5 Å². The molecular formula is C14H12BrClN2O2. The summed E-state index contributed by atoms with van der Waals surface area (Å²) in [6.07, 6.45) is 1.56. The average molecular weight is 356 g/mol. The van der Waals surface area contributed by atoms with Gasteiger partial charge < -0.3 is 10.1 Å². The highest BCUT2D eigenvalue weighted by molar-refractivity contribution is 9.10. The number of aromatic nitrogens is 1. The van der Waals surface area contributed by atoms with Crippen molar-refractivity contribution in [3.8, 4) is 0 Å². The molecule has 0 radical (unpaired) electrons. The highest BCUT2D eigenvalue weighted by Crippen LogP contribution is 2.21. The van der Waals surface area contributed by atoms with E-state index in [2.05, 4.69) is 26.2 Å². The Morgan fingerprint density at radius 3 is 2.75 bits per heavy atom. The van der Waals surface area contributed by atoms with E-state index in [9.17, 15) is 4.79 Å². The van der Waals surface area contributed by atoms with Crippen LogP contribution < -0.4 is 5.32 Å². The lowest BCUT2D eigenvalue weighted by atomic mass is 10.2. The van der Waals surface area contributed by atoms with Gasteiger partial charge in [-0.25, -0.2) is 9.78 Å². The normalized spacial score (nSPS) is 10.2. The fourth-order valence-corrected chi connectivity index (χ4v) is 2.09. The largest absolute Gasteiger partial charge is 0.464 e. The first-order valence-electron chi connectivity index (χ1n) is 5.82. The number of carbonyl (C=O) groups is 1. The van der Waals surface area contributed by atoms with Gasteiger partial charge in [0.2, 0.25) is 0 Å². The number of anilines is 1. The number of hydrogen-bond donors (Lipinski definition) is 1. The molecule has 0 saturated heterocycles. The van der Waals surface area contributed by atoms with Crippen LogP contribution in [0.2, 0.25) is 5.02 Å². The quantitative estimate of drug-likeness (QED) is 0.845. The van der Waals surface area contributed by atoms with Crippen molar-refractivity contribution in [3.63, 3.8) is 0 Å². The minimum absolute atomic E-state index is 0.254. The zero-order chi connectivity index (χ0) is 14.5. The molecule has 0 atom stereocenters. The van der Waals surface area contributed by atoms with Crippen LogP contribution in [0, 0.1) is 0 Å². The molecule has 0 aliphatic carbocycles. The van der Waals surface area contributed by atoms with E-state index in [1.165, 1.54) is 7.11 Å². The molecule has 20 heavy (non-hydrogen) atoms. The van der Waals surface area contributed by atoms with Gasteiger partial charge in [0.1, 0.15) is 0 Å². The Balaban J connectivity index is 2.17. The number of pyridine rings is 1. The van der Waals surface area contributed by atoms with Gasteiger partial charge in [-0.1, -0.05) is 23.7 Å². The predicted octanol–water partition coefficient (Wildman–Crippen LogP) is 3.90. The molecule has 0 bridgehead atoms. The molecule has 1 heterocycles. The fraction of sp³-hybridized carbons (Fsp3) is 0.143. The number of hydrogen-bond acceptors (Lipinski definition) is 4. The Morgan fingerprint density at radius 2 is 2.10 bits per heavy atom. The highest BCUT2D eigenvalue weighted by Gasteiger charge is 2.13. The number of halogens is 2. The lowest BCUT2D eigenvalue weighted by Crippen LogP contribution is -2.10. The molecule has 0 unspecified atom stereocenters. The molecule has 0 saturated carbocycles. The average Bonchev–Trinajstić information content (AvgIpc) is 2.46. The van der Waals surface area contributed by atoms with Gasteiger partial charge in [-0.2, -0.15) is 0 Å². The zero-order valence-electron chi connectivity index (χ0n) is 10.7. The van der Waals surface area contributed by atoms with Gasteiger partial charge in [-0.15, -0.1) is 0 Å². The summed E-state index contributed by atoms with van der Waals surface area (Å²) in [4.78, 5) is 15.7. The summed E-state index contributed by atoms with van der Waals surface area (Å²) in [5, 5.41) is 3.86. The first-order chi connectivity index (χ1) is 9.60. The molecule has 1 aromatic heterocycles. The summed E-state index contributed by atoms with van der Waals surface area (Å²) in [5.41, 5.74) is 1.91. The Morgan fingerprint density at radius 1 is 1.40 bits per heavy atom. The standard InChI is InChI=1S/C14H12BrClN2O2/c1-20-14(19)13-12(6-10(15)8-18-13)17-7-9-2-4-11(16)5-3-9/h2-6,8,17H,7H2,1H3. The van der Waals surface area contributed by atoms with E-state index in [4.69, 9.17) is 16.3 Å². The summed E-state index contributed by atoms with van der Waals surface area (Å²) in [5.74, 6) is -0.476. The molecule has 0 aliphatic heterocycles. The van der Waals surface area contributed by atoms with E-state index in [0.717, 1.165) is 10.0 Å². The minimum atomic E-state index is -0.476.